The third kappa shape index (κ3) is 3.34. The first-order valence-corrected chi connectivity index (χ1v) is 8.05. The number of nitrogens with one attached hydrogen (secondary N) is 1. The fraction of sp³-hybridized carbons (Fsp3) is 0.357. The van der Waals surface area contributed by atoms with Crippen molar-refractivity contribution in [3.8, 4) is 0 Å². The number of rotatable bonds is 5. The second-order valence-electron chi connectivity index (χ2n) is 4.29. The Hall–Kier alpha value is -0.940. The van der Waals surface area contributed by atoms with E-state index in [-0.39, 0.29) is 0 Å². The summed E-state index contributed by atoms with van der Waals surface area (Å²) >= 11 is 5.41. The Morgan fingerprint density at radius 3 is 2.79 bits per heavy atom. The molecule has 0 unspecified atom stereocenters. The second-order valence-corrected chi connectivity index (χ2v) is 6.16. The molecule has 3 nitrogen and oxygen atoms in total. The van der Waals surface area contributed by atoms with E-state index in [1.54, 1.807) is 0 Å². The van der Waals surface area contributed by atoms with E-state index in [4.69, 9.17) is 0 Å². The van der Waals surface area contributed by atoms with Crippen molar-refractivity contribution in [2.75, 3.05) is 11.9 Å². The lowest BCUT2D eigenvalue weighted by molar-refractivity contribution is 0.760. The predicted molar refractivity (Wildman–Crippen MR) is 85.8 cm³/mol. The molecule has 0 aliphatic carbocycles. The number of benzene rings is 1. The lowest BCUT2D eigenvalue weighted by Gasteiger charge is -2.08. The molecule has 0 aliphatic rings. The maximum atomic E-state index is 4.49. The van der Waals surface area contributed by atoms with E-state index in [0.29, 0.717) is 0 Å². The topological polar surface area (TPSA) is 29.9 Å². The fourth-order valence-electron chi connectivity index (χ4n) is 1.98. The van der Waals surface area contributed by atoms with E-state index in [0.717, 1.165) is 28.3 Å². The number of nitrogens with zero attached hydrogens (tertiary/aromatic N) is 2. The van der Waals surface area contributed by atoms with Crippen molar-refractivity contribution < 1.29 is 0 Å². The van der Waals surface area contributed by atoms with Gasteiger partial charge in [-0.15, -0.1) is 11.8 Å². The SMILES string of the molecule is CCNc1c(CSc2ccccc2Br)c(C)nn1C. The molecule has 1 N–H and O–H groups in total. The van der Waals surface area contributed by atoms with Crippen LogP contribution in [-0.4, -0.2) is 16.3 Å². The molecule has 0 bridgehead atoms. The van der Waals surface area contributed by atoms with Crippen LogP contribution in [0.4, 0.5) is 5.82 Å². The van der Waals surface area contributed by atoms with Gasteiger partial charge >= 0.3 is 0 Å². The van der Waals surface area contributed by atoms with Crippen molar-refractivity contribution in [3.05, 3.63) is 40.0 Å². The van der Waals surface area contributed by atoms with E-state index >= 15 is 0 Å². The summed E-state index contributed by atoms with van der Waals surface area (Å²) < 4.78 is 3.07. The van der Waals surface area contributed by atoms with Gasteiger partial charge in [0.05, 0.1) is 5.69 Å². The molecule has 102 valence electrons. The van der Waals surface area contributed by atoms with Gasteiger partial charge in [-0.3, -0.25) is 4.68 Å². The third-order valence-electron chi connectivity index (χ3n) is 2.90. The molecule has 0 spiro atoms. The first kappa shape index (κ1) is 14.5. The normalized spacial score (nSPS) is 10.7. The molecule has 2 aromatic rings. The number of thioether (sulfide) groups is 1. The number of aryl methyl sites for hydroxylation is 2. The van der Waals surface area contributed by atoms with Gasteiger partial charge in [-0.05, 0) is 41.9 Å². The average Bonchev–Trinajstić information content (AvgIpc) is 2.64. The van der Waals surface area contributed by atoms with Crippen LogP contribution in [0.15, 0.2) is 33.6 Å². The molecular formula is C14H18BrN3S. The Morgan fingerprint density at radius 1 is 1.37 bits per heavy atom. The van der Waals surface area contributed by atoms with Gasteiger partial charge in [0.15, 0.2) is 0 Å². The summed E-state index contributed by atoms with van der Waals surface area (Å²) in [7, 11) is 1.98. The van der Waals surface area contributed by atoms with Crippen LogP contribution in [0.2, 0.25) is 0 Å². The van der Waals surface area contributed by atoms with Crippen molar-refractivity contribution in [3.63, 3.8) is 0 Å². The Morgan fingerprint density at radius 2 is 2.11 bits per heavy atom. The van der Waals surface area contributed by atoms with Crippen LogP contribution < -0.4 is 5.32 Å². The molecule has 0 saturated carbocycles. The first-order chi connectivity index (χ1) is 9.13. The van der Waals surface area contributed by atoms with Crippen molar-refractivity contribution in [2.24, 2.45) is 7.05 Å². The summed E-state index contributed by atoms with van der Waals surface area (Å²) in [6, 6.07) is 8.30. The number of halogens is 1. The molecule has 1 aromatic heterocycles. The van der Waals surface area contributed by atoms with Gasteiger partial charge in [-0.25, -0.2) is 0 Å². The minimum Gasteiger partial charge on any atom is -0.370 e. The minimum atomic E-state index is 0.908. The lowest BCUT2D eigenvalue weighted by Crippen LogP contribution is -2.05. The molecule has 2 rings (SSSR count). The van der Waals surface area contributed by atoms with Gasteiger partial charge in [-0.1, -0.05) is 12.1 Å². The van der Waals surface area contributed by atoms with Gasteiger partial charge in [0.2, 0.25) is 0 Å². The van der Waals surface area contributed by atoms with Crippen LogP contribution in [0.5, 0.6) is 0 Å². The third-order valence-corrected chi connectivity index (χ3v) is 4.95. The quantitative estimate of drug-likeness (QED) is 0.827. The molecule has 0 aliphatic heterocycles. The van der Waals surface area contributed by atoms with Gasteiger partial charge in [-0.2, -0.15) is 5.10 Å². The smallest absolute Gasteiger partial charge is 0.128 e. The number of anilines is 1. The maximum absolute atomic E-state index is 4.49. The average molecular weight is 340 g/mol. The number of hydrogen-bond acceptors (Lipinski definition) is 3. The van der Waals surface area contributed by atoms with Crippen LogP contribution in [0.1, 0.15) is 18.2 Å². The zero-order valence-corrected chi connectivity index (χ0v) is 13.8. The Labute approximate surface area is 126 Å². The van der Waals surface area contributed by atoms with Crippen molar-refractivity contribution in [1.82, 2.24) is 9.78 Å². The molecule has 19 heavy (non-hydrogen) atoms. The van der Waals surface area contributed by atoms with Gasteiger partial charge in [0.1, 0.15) is 5.82 Å². The summed E-state index contributed by atoms with van der Waals surface area (Å²) in [6.45, 7) is 5.08. The maximum Gasteiger partial charge on any atom is 0.128 e. The zero-order valence-electron chi connectivity index (χ0n) is 11.4. The monoisotopic (exact) mass is 339 g/mol. The van der Waals surface area contributed by atoms with E-state index in [1.807, 2.05) is 29.6 Å². The fourth-order valence-corrected chi connectivity index (χ4v) is 3.63. The van der Waals surface area contributed by atoms with Crippen LogP contribution in [-0.2, 0) is 12.8 Å². The van der Waals surface area contributed by atoms with Crippen LogP contribution in [0.25, 0.3) is 0 Å². The van der Waals surface area contributed by atoms with Gasteiger partial charge in [0, 0.05) is 34.3 Å². The lowest BCUT2D eigenvalue weighted by atomic mass is 10.3. The van der Waals surface area contributed by atoms with E-state index in [9.17, 15) is 0 Å². The molecule has 0 amide bonds. The Kier molecular flexibility index (Phi) is 4.93. The number of hydrogen-bond donors (Lipinski definition) is 1. The number of aromatic nitrogens is 2. The van der Waals surface area contributed by atoms with Crippen LogP contribution >= 0.6 is 27.7 Å². The minimum absolute atomic E-state index is 0.908. The molecule has 0 radical (unpaired) electrons. The predicted octanol–water partition coefficient (Wildman–Crippen LogP) is 4.22. The Balaban J connectivity index is 2.17. The summed E-state index contributed by atoms with van der Waals surface area (Å²) in [5, 5.41) is 7.88. The zero-order chi connectivity index (χ0) is 13.8. The highest BCUT2D eigenvalue weighted by atomic mass is 79.9. The summed E-state index contributed by atoms with van der Waals surface area (Å²) in [6.07, 6.45) is 0. The summed E-state index contributed by atoms with van der Waals surface area (Å²) in [5.74, 6) is 2.05. The van der Waals surface area contributed by atoms with E-state index < -0.39 is 0 Å². The van der Waals surface area contributed by atoms with E-state index in [2.05, 4.69) is 58.4 Å². The van der Waals surface area contributed by atoms with Crippen molar-refractivity contribution in [1.29, 1.82) is 0 Å². The van der Waals surface area contributed by atoms with Gasteiger partial charge in [0.25, 0.3) is 0 Å². The molecule has 0 atom stereocenters. The largest absolute Gasteiger partial charge is 0.370 e. The van der Waals surface area contributed by atoms with Crippen LogP contribution in [0, 0.1) is 6.92 Å². The highest BCUT2D eigenvalue weighted by Crippen LogP contribution is 2.32. The standard InChI is InChI=1S/C14H18BrN3S/c1-4-16-14-11(10(2)17-18(14)3)9-19-13-8-6-5-7-12(13)15/h5-8,16H,4,9H2,1-3H3. The highest BCUT2D eigenvalue weighted by Gasteiger charge is 2.13. The molecule has 0 saturated heterocycles. The highest BCUT2D eigenvalue weighted by molar-refractivity contribution is 9.10. The molecule has 1 heterocycles. The second kappa shape index (κ2) is 6.48. The molecule has 1 aromatic carbocycles. The van der Waals surface area contributed by atoms with Crippen molar-refractivity contribution in [2.45, 2.75) is 24.5 Å². The van der Waals surface area contributed by atoms with Crippen LogP contribution in [0.3, 0.4) is 0 Å². The van der Waals surface area contributed by atoms with Gasteiger partial charge < -0.3 is 5.32 Å². The first-order valence-electron chi connectivity index (χ1n) is 6.27. The Bertz CT molecular complexity index is 566. The summed E-state index contributed by atoms with van der Waals surface area (Å²) in [4.78, 5) is 1.26. The molecule has 5 heteroatoms. The summed E-state index contributed by atoms with van der Waals surface area (Å²) in [5.41, 5.74) is 2.38. The molecule has 0 fully saturated rings. The van der Waals surface area contributed by atoms with E-state index in [1.165, 1.54) is 10.5 Å². The molecular weight excluding hydrogens is 322 g/mol. The van der Waals surface area contributed by atoms with Crippen molar-refractivity contribution >= 4 is 33.5 Å².